The molecule has 0 fully saturated rings. The number of nitrogens with zero attached hydrogens (tertiary/aromatic N) is 2. The first-order valence-electron chi connectivity index (χ1n) is 6.15. The van der Waals surface area contributed by atoms with Crippen LogP contribution >= 0.6 is 22.6 Å². The molecule has 0 atom stereocenters. The number of rotatable bonds is 6. The topological polar surface area (TPSA) is 40.6 Å². The molecule has 0 aliphatic carbocycles. The van der Waals surface area contributed by atoms with Crippen molar-refractivity contribution in [2.45, 2.75) is 6.92 Å². The van der Waals surface area contributed by atoms with Crippen molar-refractivity contribution >= 4 is 34.3 Å². The molecule has 104 valence electrons. The Morgan fingerprint density at radius 2 is 1.68 bits per heavy atom. The Balaban J connectivity index is 2.63. The van der Waals surface area contributed by atoms with Crippen LogP contribution in [0.4, 0.5) is 0 Å². The standard InChI is InChI=1S/C14H19IN2O2/c1-4-17(10-14(19)16(2)3)9-13(18)11-5-7-12(15)8-6-11/h5-8H,4,9-10H2,1-3H3. The van der Waals surface area contributed by atoms with Crippen LogP contribution in [0.3, 0.4) is 0 Å². The lowest BCUT2D eigenvalue weighted by Gasteiger charge is -2.21. The third-order valence-electron chi connectivity index (χ3n) is 2.84. The normalized spacial score (nSPS) is 10.6. The summed E-state index contributed by atoms with van der Waals surface area (Å²) in [6.07, 6.45) is 0. The summed E-state index contributed by atoms with van der Waals surface area (Å²) < 4.78 is 1.10. The zero-order valence-corrected chi connectivity index (χ0v) is 13.7. The first kappa shape index (κ1) is 16.1. The van der Waals surface area contributed by atoms with E-state index in [2.05, 4.69) is 22.6 Å². The van der Waals surface area contributed by atoms with E-state index in [0.717, 1.165) is 3.57 Å². The van der Waals surface area contributed by atoms with Crippen LogP contribution in [0, 0.1) is 3.57 Å². The van der Waals surface area contributed by atoms with E-state index in [0.29, 0.717) is 12.1 Å². The van der Waals surface area contributed by atoms with Gasteiger partial charge < -0.3 is 4.90 Å². The van der Waals surface area contributed by atoms with E-state index in [1.165, 1.54) is 4.90 Å². The van der Waals surface area contributed by atoms with Crippen molar-refractivity contribution in [3.8, 4) is 0 Å². The summed E-state index contributed by atoms with van der Waals surface area (Å²) in [4.78, 5) is 27.1. The lowest BCUT2D eigenvalue weighted by molar-refractivity contribution is -0.129. The van der Waals surface area contributed by atoms with Crippen molar-refractivity contribution in [2.75, 3.05) is 33.7 Å². The Labute approximate surface area is 127 Å². The molecule has 0 aliphatic heterocycles. The molecule has 0 saturated carbocycles. The van der Waals surface area contributed by atoms with Gasteiger partial charge in [-0.05, 0) is 41.3 Å². The maximum Gasteiger partial charge on any atom is 0.236 e. The van der Waals surface area contributed by atoms with Crippen LogP contribution in [0.15, 0.2) is 24.3 Å². The van der Waals surface area contributed by atoms with Gasteiger partial charge in [-0.1, -0.05) is 19.1 Å². The average molecular weight is 374 g/mol. The maximum atomic E-state index is 12.1. The van der Waals surface area contributed by atoms with E-state index in [1.807, 2.05) is 36.1 Å². The second-order valence-corrected chi connectivity index (χ2v) is 5.77. The summed E-state index contributed by atoms with van der Waals surface area (Å²) in [6, 6.07) is 7.47. The summed E-state index contributed by atoms with van der Waals surface area (Å²) in [6.45, 7) is 3.18. The van der Waals surface area contributed by atoms with Gasteiger partial charge in [0.25, 0.3) is 0 Å². The highest BCUT2D eigenvalue weighted by Crippen LogP contribution is 2.08. The number of ketones is 1. The first-order valence-corrected chi connectivity index (χ1v) is 7.23. The highest BCUT2D eigenvalue weighted by atomic mass is 127. The molecular weight excluding hydrogens is 355 g/mol. The quantitative estimate of drug-likeness (QED) is 0.564. The van der Waals surface area contributed by atoms with E-state index in [4.69, 9.17) is 0 Å². The first-order chi connectivity index (χ1) is 8.93. The van der Waals surface area contributed by atoms with Gasteiger partial charge in [0.05, 0.1) is 13.1 Å². The molecule has 0 N–H and O–H groups in total. The summed E-state index contributed by atoms with van der Waals surface area (Å²) in [5, 5.41) is 0. The van der Waals surface area contributed by atoms with Gasteiger partial charge in [0, 0.05) is 23.2 Å². The Bertz CT molecular complexity index is 443. The van der Waals surface area contributed by atoms with Gasteiger partial charge >= 0.3 is 0 Å². The predicted octanol–water partition coefficient (Wildman–Crippen LogP) is 1.88. The van der Waals surface area contributed by atoms with Crippen molar-refractivity contribution in [3.05, 3.63) is 33.4 Å². The Kier molecular flexibility index (Phi) is 6.44. The Hall–Kier alpha value is -0.950. The Morgan fingerprint density at radius 3 is 2.16 bits per heavy atom. The van der Waals surface area contributed by atoms with Gasteiger partial charge in [0.2, 0.25) is 5.91 Å². The van der Waals surface area contributed by atoms with Crippen LogP contribution in [0.5, 0.6) is 0 Å². The van der Waals surface area contributed by atoms with Crippen molar-refractivity contribution in [1.82, 2.24) is 9.80 Å². The third-order valence-corrected chi connectivity index (χ3v) is 3.56. The molecule has 19 heavy (non-hydrogen) atoms. The third kappa shape index (κ3) is 5.28. The molecule has 1 rings (SSSR count). The number of benzene rings is 1. The fraction of sp³-hybridized carbons (Fsp3) is 0.429. The molecule has 1 aromatic carbocycles. The van der Waals surface area contributed by atoms with Gasteiger partial charge in [-0.3, -0.25) is 14.5 Å². The van der Waals surface area contributed by atoms with E-state index >= 15 is 0 Å². The lowest BCUT2D eigenvalue weighted by atomic mass is 10.1. The molecule has 0 heterocycles. The summed E-state index contributed by atoms with van der Waals surface area (Å²) in [5.41, 5.74) is 0.691. The zero-order chi connectivity index (χ0) is 14.4. The van der Waals surface area contributed by atoms with E-state index in [9.17, 15) is 9.59 Å². The summed E-state index contributed by atoms with van der Waals surface area (Å²) in [7, 11) is 3.44. The summed E-state index contributed by atoms with van der Waals surface area (Å²) >= 11 is 2.20. The molecule has 0 aliphatic rings. The SMILES string of the molecule is CCN(CC(=O)c1ccc(I)cc1)CC(=O)N(C)C. The average Bonchev–Trinajstić information content (AvgIpc) is 2.38. The molecule has 0 bridgehead atoms. The molecule has 5 heteroatoms. The minimum Gasteiger partial charge on any atom is -0.348 e. The van der Waals surface area contributed by atoms with Crippen molar-refractivity contribution in [3.63, 3.8) is 0 Å². The number of hydrogen-bond donors (Lipinski definition) is 0. The van der Waals surface area contributed by atoms with E-state index in [-0.39, 0.29) is 24.8 Å². The molecule has 0 spiro atoms. The fourth-order valence-electron chi connectivity index (χ4n) is 1.54. The van der Waals surface area contributed by atoms with Crippen molar-refractivity contribution in [2.24, 2.45) is 0 Å². The van der Waals surface area contributed by atoms with Crippen LogP contribution in [0.2, 0.25) is 0 Å². The van der Waals surface area contributed by atoms with Gasteiger partial charge in [-0.25, -0.2) is 0 Å². The zero-order valence-electron chi connectivity index (χ0n) is 11.5. The van der Waals surface area contributed by atoms with Crippen molar-refractivity contribution in [1.29, 1.82) is 0 Å². The monoisotopic (exact) mass is 374 g/mol. The van der Waals surface area contributed by atoms with Gasteiger partial charge in [-0.2, -0.15) is 0 Å². The second-order valence-electron chi connectivity index (χ2n) is 4.52. The molecule has 1 amide bonds. The van der Waals surface area contributed by atoms with Crippen LogP contribution < -0.4 is 0 Å². The lowest BCUT2D eigenvalue weighted by Crippen LogP contribution is -2.39. The fourth-order valence-corrected chi connectivity index (χ4v) is 1.90. The van der Waals surface area contributed by atoms with E-state index < -0.39 is 0 Å². The molecule has 0 aromatic heterocycles. The highest BCUT2D eigenvalue weighted by molar-refractivity contribution is 14.1. The number of likely N-dealkylation sites (N-methyl/N-ethyl adjacent to an activating group) is 2. The minimum absolute atomic E-state index is 0.0114. The molecule has 0 unspecified atom stereocenters. The van der Waals surface area contributed by atoms with Crippen LogP contribution in [0.25, 0.3) is 0 Å². The highest BCUT2D eigenvalue weighted by Gasteiger charge is 2.15. The predicted molar refractivity (Wildman–Crippen MR) is 84.3 cm³/mol. The number of Topliss-reactive ketones (excluding diaryl/α,β-unsaturated/α-hetero) is 1. The number of hydrogen-bond acceptors (Lipinski definition) is 3. The number of halogens is 1. The number of carbonyl (C=O) groups excluding carboxylic acids is 2. The van der Waals surface area contributed by atoms with Crippen LogP contribution in [-0.4, -0.2) is 55.2 Å². The molecule has 1 aromatic rings. The van der Waals surface area contributed by atoms with Gasteiger partial charge in [0.1, 0.15) is 0 Å². The van der Waals surface area contributed by atoms with Gasteiger partial charge in [-0.15, -0.1) is 0 Å². The van der Waals surface area contributed by atoms with Crippen LogP contribution in [0.1, 0.15) is 17.3 Å². The number of amides is 1. The minimum atomic E-state index is 0.0114. The second kappa shape index (κ2) is 7.59. The van der Waals surface area contributed by atoms with Crippen LogP contribution in [-0.2, 0) is 4.79 Å². The smallest absolute Gasteiger partial charge is 0.236 e. The van der Waals surface area contributed by atoms with Crippen molar-refractivity contribution < 1.29 is 9.59 Å². The molecule has 0 saturated heterocycles. The maximum absolute atomic E-state index is 12.1. The largest absolute Gasteiger partial charge is 0.348 e. The number of carbonyl (C=O) groups is 2. The molecular formula is C14H19IN2O2. The van der Waals surface area contributed by atoms with Gasteiger partial charge in [0.15, 0.2) is 5.78 Å². The molecule has 4 nitrogen and oxygen atoms in total. The summed E-state index contributed by atoms with van der Waals surface area (Å²) in [5.74, 6) is 0.0575. The van der Waals surface area contributed by atoms with E-state index in [1.54, 1.807) is 14.1 Å². The molecule has 0 radical (unpaired) electrons. The Morgan fingerprint density at radius 1 is 1.11 bits per heavy atom.